The van der Waals surface area contributed by atoms with E-state index in [-0.39, 0.29) is 11.6 Å². The molecule has 1 rings (SSSR count). The number of rotatable bonds is 7. The van der Waals surface area contributed by atoms with Crippen LogP contribution >= 0.6 is 0 Å². The molecule has 0 spiro atoms. The molecule has 0 atom stereocenters. The van der Waals surface area contributed by atoms with Gasteiger partial charge in [0, 0.05) is 38.5 Å². The zero-order valence-electron chi connectivity index (χ0n) is 12.1. The molecule has 1 aromatic heterocycles. The summed E-state index contributed by atoms with van der Waals surface area (Å²) in [7, 11) is 3.09. The molecule has 112 valence electrons. The summed E-state index contributed by atoms with van der Waals surface area (Å²) in [5.41, 5.74) is 0.638. The number of ether oxygens (including phenoxy) is 2. The number of aromatic nitrogens is 1. The SMILES string of the molecule is COCCNC(=O)NCCn1c(C)cc(OC)cc1=O. The van der Waals surface area contributed by atoms with E-state index in [0.29, 0.717) is 32.0 Å². The highest BCUT2D eigenvalue weighted by Crippen LogP contribution is 2.08. The molecular weight excluding hydrogens is 262 g/mol. The number of amides is 2. The Morgan fingerprint density at radius 1 is 1.25 bits per heavy atom. The third-order valence-corrected chi connectivity index (χ3v) is 2.76. The monoisotopic (exact) mass is 283 g/mol. The summed E-state index contributed by atoms with van der Waals surface area (Å²) >= 11 is 0. The standard InChI is InChI=1S/C13H21N3O4/c1-10-8-11(20-3)9-12(17)16(10)6-4-14-13(18)15-5-7-19-2/h8-9H,4-7H2,1-3H3,(H2,14,15,18). The molecule has 0 aromatic carbocycles. The topological polar surface area (TPSA) is 81.6 Å². The van der Waals surface area contributed by atoms with E-state index in [1.54, 1.807) is 17.7 Å². The fraction of sp³-hybridized carbons (Fsp3) is 0.538. The van der Waals surface area contributed by atoms with Crippen molar-refractivity contribution in [3.63, 3.8) is 0 Å². The number of pyridine rings is 1. The Kier molecular flexibility index (Phi) is 6.58. The van der Waals surface area contributed by atoms with Gasteiger partial charge in [-0.15, -0.1) is 0 Å². The zero-order chi connectivity index (χ0) is 15.0. The molecule has 0 bridgehead atoms. The maximum absolute atomic E-state index is 11.8. The van der Waals surface area contributed by atoms with Gasteiger partial charge in [0.05, 0.1) is 13.7 Å². The van der Waals surface area contributed by atoms with Crippen LogP contribution in [0.5, 0.6) is 5.75 Å². The zero-order valence-corrected chi connectivity index (χ0v) is 12.1. The van der Waals surface area contributed by atoms with Crippen LogP contribution in [0, 0.1) is 6.92 Å². The van der Waals surface area contributed by atoms with Crippen molar-refractivity contribution in [2.75, 3.05) is 33.9 Å². The smallest absolute Gasteiger partial charge is 0.314 e. The Labute approximate surface area is 117 Å². The number of urea groups is 1. The minimum Gasteiger partial charge on any atom is -0.496 e. The van der Waals surface area contributed by atoms with Gasteiger partial charge >= 0.3 is 6.03 Å². The number of carbonyl (C=O) groups excluding carboxylic acids is 1. The van der Waals surface area contributed by atoms with Gasteiger partial charge < -0.3 is 24.7 Å². The lowest BCUT2D eigenvalue weighted by atomic mass is 10.3. The summed E-state index contributed by atoms with van der Waals surface area (Å²) in [6.07, 6.45) is 0. The Hall–Kier alpha value is -2.02. The molecule has 0 fully saturated rings. The first kappa shape index (κ1) is 16.0. The second kappa shape index (κ2) is 8.21. The highest BCUT2D eigenvalue weighted by Gasteiger charge is 2.04. The van der Waals surface area contributed by atoms with Crippen molar-refractivity contribution < 1.29 is 14.3 Å². The first-order valence-electron chi connectivity index (χ1n) is 6.34. The van der Waals surface area contributed by atoms with Gasteiger partial charge in [-0.05, 0) is 13.0 Å². The van der Waals surface area contributed by atoms with Gasteiger partial charge in [0.25, 0.3) is 5.56 Å². The normalized spacial score (nSPS) is 10.2. The lowest BCUT2D eigenvalue weighted by Crippen LogP contribution is -2.39. The van der Waals surface area contributed by atoms with E-state index in [9.17, 15) is 9.59 Å². The van der Waals surface area contributed by atoms with Crippen LogP contribution in [0.1, 0.15) is 5.69 Å². The first-order chi connectivity index (χ1) is 9.58. The van der Waals surface area contributed by atoms with Gasteiger partial charge in [0.1, 0.15) is 5.75 Å². The minimum atomic E-state index is -0.277. The van der Waals surface area contributed by atoms with Crippen molar-refractivity contribution in [3.8, 4) is 5.75 Å². The molecule has 1 aromatic rings. The van der Waals surface area contributed by atoms with Crippen LogP contribution in [-0.4, -0.2) is 44.5 Å². The van der Waals surface area contributed by atoms with Crippen LogP contribution < -0.4 is 20.9 Å². The van der Waals surface area contributed by atoms with Crippen LogP contribution in [0.4, 0.5) is 4.79 Å². The molecule has 7 heteroatoms. The molecule has 20 heavy (non-hydrogen) atoms. The minimum absolute atomic E-state index is 0.150. The molecule has 1 heterocycles. The highest BCUT2D eigenvalue weighted by molar-refractivity contribution is 5.73. The van der Waals surface area contributed by atoms with Crippen LogP contribution in [0.15, 0.2) is 16.9 Å². The molecule has 0 aliphatic heterocycles. The van der Waals surface area contributed by atoms with Gasteiger partial charge in [-0.25, -0.2) is 4.79 Å². The van der Waals surface area contributed by atoms with Crippen molar-refractivity contribution in [2.24, 2.45) is 0 Å². The van der Waals surface area contributed by atoms with E-state index in [1.807, 2.05) is 6.92 Å². The quantitative estimate of drug-likeness (QED) is 0.696. The Morgan fingerprint density at radius 3 is 2.55 bits per heavy atom. The average Bonchev–Trinajstić information content (AvgIpc) is 2.41. The van der Waals surface area contributed by atoms with Gasteiger partial charge in [-0.2, -0.15) is 0 Å². The van der Waals surface area contributed by atoms with Gasteiger partial charge in [0.2, 0.25) is 0 Å². The summed E-state index contributed by atoms with van der Waals surface area (Å²) in [5, 5.41) is 5.31. The lowest BCUT2D eigenvalue weighted by molar-refractivity contribution is 0.196. The van der Waals surface area contributed by atoms with E-state index in [2.05, 4.69) is 10.6 Å². The van der Waals surface area contributed by atoms with E-state index in [1.165, 1.54) is 13.2 Å². The van der Waals surface area contributed by atoms with Gasteiger partial charge in [-0.1, -0.05) is 0 Å². The number of nitrogens with one attached hydrogen (secondary N) is 2. The second-order valence-corrected chi connectivity index (χ2v) is 4.20. The van der Waals surface area contributed by atoms with E-state index >= 15 is 0 Å². The fourth-order valence-electron chi connectivity index (χ4n) is 1.71. The molecule has 7 nitrogen and oxygen atoms in total. The fourth-order valence-corrected chi connectivity index (χ4v) is 1.71. The molecule has 2 amide bonds. The molecular formula is C13H21N3O4. The third kappa shape index (κ3) is 4.93. The number of hydrogen-bond donors (Lipinski definition) is 2. The van der Waals surface area contributed by atoms with Gasteiger partial charge in [0.15, 0.2) is 0 Å². The number of carbonyl (C=O) groups is 1. The van der Waals surface area contributed by atoms with E-state index in [0.717, 1.165) is 5.69 Å². The number of nitrogens with zero attached hydrogens (tertiary/aromatic N) is 1. The number of hydrogen-bond acceptors (Lipinski definition) is 4. The Bertz CT molecular complexity index is 499. The second-order valence-electron chi connectivity index (χ2n) is 4.20. The Morgan fingerprint density at radius 2 is 1.95 bits per heavy atom. The predicted octanol–water partition coefficient (Wildman–Crippen LogP) is 0.111. The molecule has 0 saturated heterocycles. The number of methoxy groups -OCH3 is 2. The Balaban J connectivity index is 2.46. The van der Waals surface area contributed by atoms with E-state index in [4.69, 9.17) is 9.47 Å². The molecule has 0 aliphatic rings. The van der Waals surface area contributed by atoms with Crippen LogP contribution in [0.3, 0.4) is 0 Å². The molecule has 0 aliphatic carbocycles. The molecule has 2 N–H and O–H groups in total. The first-order valence-corrected chi connectivity index (χ1v) is 6.34. The van der Waals surface area contributed by atoms with Crippen molar-refractivity contribution in [1.29, 1.82) is 0 Å². The summed E-state index contributed by atoms with van der Waals surface area (Å²) in [6.45, 7) is 3.51. The van der Waals surface area contributed by atoms with Crippen LogP contribution in [-0.2, 0) is 11.3 Å². The van der Waals surface area contributed by atoms with Crippen molar-refractivity contribution >= 4 is 6.03 Å². The van der Waals surface area contributed by atoms with Crippen LogP contribution in [0.2, 0.25) is 0 Å². The third-order valence-electron chi connectivity index (χ3n) is 2.76. The summed E-state index contributed by atoms with van der Waals surface area (Å²) in [6, 6.07) is 2.92. The average molecular weight is 283 g/mol. The predicted molar refractivity (Wildman–Crippen MR) is 75.3 cm³/mol. The molecule has 0 saturated carbocycles. The number of aryl methyl sites for hydroxylation is 1. The summed E-state index contributed by atoms with van der Waals surface area (Å²) in [4.78, 5) is 23.2. The lowest BCUT2D eigenvalue weighted by Gasteiger charge is -2.12. The van der Waals surface area contributed by atoms with Crippen molar-refractivity contribution in [1.82, 2.24) is 15.2 Å². The molecule has 0 unspecified atom stereocenters. The van der Waals surface area contributed by atoms with Gasteiger partial charge in [-0.3, -0.25) is 4.79 Å². The summed E-state index contributed by atoms with van der Waals surface area (Å²) < 4.78 is 11.4. The maximum atomic E-state index is 11.8. The van der Waals surface area contributed by atoms with Crippen molar-refractivity contribution in [3.05, 3.63) is 28.2 Å². The molecule has 0 radical (unpaired) electrons. The van der Waals surface area contributed by atoms with E-state index < -0.39 is 0 Å². The van der Waals surface area contributed by atoms with Crippen LogP contribution in [0.25, 0.3) is 0 Å². The summed E-state index contributed by atoms with van der Waals surface area (Å²) in [5.74, 6) is 0.536. The largest absolute Gasteiger partial charge is 0.496 e. The van der Waals surface area contributed by atoms with Crippen molar-refractivity contribution in [2.45, 2.75) is 13.5 Å². The maximum Gasteiger partial charge on any atom is 0.314 e. The highest BCUT2D eigenvalue weighted by atomic mass is 16.5.